The van der Waals surface area contributed by atoms with Crippen molar-refractivity contribution in [1.29, 1.82) is 0 Å². The Bertz CT molecular complexity index is 666. The van der Waals surface area contributed by atoms with Crippen molar-refractivity contribution in [2.75, 3.05) is 11.1 Å². The molecule has 0 aromatic carbocycles. The molecule has 1 amide bonds. The maximum absolute atomic E-state index is 11.7. The van der Waals surface area contributed by atoms with E-state index >= 15 is 0 Å². The van der Waals surface area contributed by atoms with E-state index in [0.717, 1.165) is 0 Å². The topological polar surface area (TPSA) is 98.2 Å². The number of carbonyl (C=O) groups is 1. The van der Waals surface area contributed by atoms with Crippen LogP contribution in [0, 0.1) is 0 Å². The van der Waals surface area contributed by atoms with Gasteiger partial charge < -0.3 is 9.73 Å². The molecule has 0 radical (unpaired) electrons. The lowest BCUT2D eigenvalue weighted by molar-refractivity contribution is -0.113. The number of carbonyl (C=O) groups excluding carboxylic acids is 1. The normalized spacial score (nSPS) is 10.7. The third-order valence-corrected chi connectivity index (χ3v) is 2.95. The maximum Gasteiger partial charge on any atom is 0.345 e. The molecule has 19 heavy (non-hydrogen) atoms. The summed E-state index contributed by atoms with van der Waals surface area (Å²) in [6.07, 6.45) is 3.04. The van der Waals surface area contributed by atoms with Gasteiger partial charge in [-0.05, 0) is 12.1 Å². The van der Waals surface area contributed by atoms with Gasteiger partial charge in [0.05, 0.1) is 5.75 Å². The van der Waals surface area contributed by atoms with Crippen LogP contribution in [0.1, 0.15) is 0 Å². The zero-order chi connectivity index (χ0) is 13.1. The van der Waals surface area contributed by atoms with Gasteiger partial charge in [0.2, 0.25) is 5.91 Å². The summed E-state index contributed by atoms with van der Waals surface area (Å²) >= 11 is 1.17. The second kappa shape index (κ2) is 5.06. The van der Waals surface area contributed by atoms with Gasteiger partial charge in [0, 0.05) is 6.20 Å². The number of nitrogens with one attached hydrogen (secondary N) is 1. The number of fused-ring (bicyclic) bond motifs is 1. The number of thioether (sulfide) groups is 1. The van der Waals surface area contributed by atoms with Crippen molar-refractivity contribution in [2.24, 2.45) is 0 Å². The summed E-state index contributed by atoms with van der Waals surface area (Å²) in [6, 6.07) is 5.29. The minimum Gasteiger partial charge on any atom is -0.396 e. The quantitative estimate of drug-likeness (QED) is 0.705. The molecule has 3 rings (SSSR count). The molecule has 8 nitrogen and oxygen atoms in total. The summed E-state index contributed by atoms with van der Waals surface area (Å²) in [4.78, 5) is 15.7. The second-order valence-corrected chi connectivity index (χ2v) is 4.40. The van der Waals surface area contributed by atoms with Crippen molar-refractivity contribution in [1.82, 2.24) is 24.8 Å². The smallest absolute Gasteiger partial charge is 0.345 e. The van der Waals surface area contributed by atoms with Crippen molar-refractivity contribution in [2.45, 2.75) is 5.22 Å². The highest BCUT2D eigenvalue weighted by Gasteiger charge is 2.10. The van der Waals surface area contributed by atoms with Gasteiger partial charge in [0.15, 0.2) is 0 Å². The fourth-order valence-corrected chi connectivity index (χ4v) is 1.95. The van der Waals surface area contributed by atoms with Crippen LogP contribution in [0.25, 0.3) is 5.84 Å². The minimum atomic E-state index is -0.183. The molecule has 3 aromatic heterocycles. The van der Waals surface area contributed by atoms with E-state index in [-0.39, 0.29) is 11.7 Å². The average molecular weight is 276 g/mol. The minimum absolute atomic E-state index is 0.174. The molecule has 0 saturated carbocycles. The molecule has 9 heteroatoms. The summed E-state index contributed by atoms with van der Waals surface area (Å²) in [7, 11) is 0. The predicted molar refractivity (Wildman–Crippen MR) is 66.6 cm³/mol. The fourth-order valence-electron chi connectivity index (χ4n) is 1.34. The first-order valence-corrected chi connectivity index (χ1v) is 6.30. The lowest BCUT2D eigenvalue weighted by atomic mass is 10.4. The summed E-state index contributed by atoms with van der Waals surface area (Å²) < 4.78 is 6.66. The van der Waals surface area contributed by atoms with E-state index in [0.29, 0.717) is 16.9 Å². The summed E-state index contributed by atoms with van der Waals surface area (Å²) in [5, 5.41) is 14.4. The highest BCUT2D eigenvalue weighted by molar-refractivity contribution is 7.99. The van der Waals surface area contributed by atoms with Gasteiger partial charge in [-0.2, -0.15) is 4.52 Å². The van der Waals surface area contributed by atoms with Gasteiger partial charge in [-0.3, -0.25) is 4.79 Å². The Morgan fingerprint density at radius 1 is 1.47 bits per heavy atom. The molecule has 0 aliphatic carbocycles. The number of amides is 1. The monoisotopic (exact) mass is 276 g/mol. The molecule has 0 fully saturated rings. The third kappa shape index (κ3) is 2.71. The average Bonchev–Trinajstić information content (AvgIpc) is 2.98. The van der Waals surface area contributed by atoms with Gasteiger partial charge in [-0.1, -0.05) is 22.9 Å². The number of rotatable bonds is 4. The van der Waals surface area contributed by atoms with Crippen LogP contribution >= 0.6 is 11.8 Å². The zero-order valence-corrected chi connectivity index (χ0v) is 10.4. The van der Waals surface area contributed by atoms with Crippen LogP contribution in [0.5, 0.6) is 0 Å². The van der Waals surface area contributed by atoms with Crippen LogP contribution in [0.15, 0.2) is 40.4 Å². The van der Waals surface area contributed by atoms with E-state index in [2.05, 4.69) is 25.6 Å². The number of anilines is 1. The molecule has 0 bridgehead atoms. The molecule has 0 atom stereocenters. The maximum atomic E-state index is 11.7. The van der Waals surface area contributed by atoms with Crippen LogP contribution in [-0.4, -0.2) is 36.5 Å². The van der Waals surface area contributed by atoms with Gasteiger partial charge in [0.1, 0.15) is 12.1 Å². The van der Waals surface area contributed by atoms with E-state index in [1.54, 1.807) is 24.4 Å². The summed E-state index contributed by atoms with van der Waals surface area (Å²) in [6.45, 7) is 0. The Kier molecular flexibility index (Phi) is 3.11. The van der Waals surface area contributed by atoms with Crippen molar-refractivity contribution < 1.29 is 9.21 Å². The van der Waals surface area contributed by atoms with Crippen molar-refractivity contribution in [3.63, 3.8) is 0 Å². The SMILES string of the molecule is O=C(CSc1nn2cnnc2o1)Nc1ccccn1. The van der Waals surface area contributed by atoms with E-state index < -0.39 is 0 Å². The van der Waals surface area contributed by atoms with Crippen molar-refractivity contribution in [3.8, 4) is 0 Å². The molecule has 0 spiro atoms. The number of hydrogen-bond acceptors (Lipinski definition) is 7. The number of aromatic nitrogens is 5. The van der Waals surface area contributed by atoms with Crippen LogP contribution in [-0.2, 0) is 4.79 Å². The second-order valence-electron chi connectivity index (χ2n) is 3.48. The van der Waals surface area contributed by atoms with Crippen molar-refractivity contribution >= 4 is 29.3 Å². The molecule has 0 aliphatic heterocycles. The largest absolute Gasteiger partial charge is 0.396 e. The molecular formula is C10H8N6O2S. The van der Waals surface area contributed by atoms with Gasteiger partial charge in [-0.25, -0.2) is 4.98 Å². The summed E-state index contributed by atoms with van der Waals surface area (Å²) in [5.41, 5.74) is 0. The van der Waals surface area contributed by atoms with Gasteiger partial charge in [0.25, 0.3) is 5.22 Å². The molecule has 0 saturated heterocycles. The molecular weight excluding hydrogens is 268 g/mol. The fraction of sp³-hybridized carbons (Fsp3) is 0.100. The molecule has 1 N–H and O–H groups in total. The molecule has 3 heterocycles. The first-order chi connectivity index (χ1) is 9.31. The Balaban J connectivity index is 1.57. The standard InChI is InChI=1S/C10H8N6O2S/c17-8(13-7-3-1-2-4-11-7)5-19-10-15-16-6-12-14-9(16)18-10/h1-4,6H,5H2,(H,11,13,17). The number of hydrogen-bond donors (Lipinski definition) is 1. The Labute approximate surface area is 111 Å². The highest BCUT2D eigenvalue weighted by Crippen LogP contribution is 2.17. The van der Waals surface area contributed by atoms with E-state index in [9.17, 15) is 4.79 Å². The third-order valence-electron chi connectivity index (χ3n) is 2.13. The number of pyridine rings is 1. The van der Waals surface area contributed by atoms with Crippen LogP contribution in [0.3, 0.4) is 0 Å². The van der Waals surface area contributed by atoms with Crippen LogP contribution < -0.4 is 5.32 Å². The lowest BCUT2D eigenvalue weighted by Crippen LogP contribution is -2.14. The Morgan fingerprint density at radius 3 is 3.21 bits per heavy atom. The van der Waals surface area contributed by atoms with Crippen LogP contribution in [0.4, 0.5) is 5.82 Å². The van der Waals surface area contributed by atoms with Crippen LogP contribution in [0.2, 0.25) is 0 Å². The van der Waals surface area contributed by atoms with Crippen molar-refractivity contribution in [3.05, 3.63) is 30.7 Å². The first-order valence-electron chi connectivity index (χ1n) is 5.32. The molecule has 0 aliphatic rings. The highest BCUT2D eigenvalue weighted by atomic mass is 32.2. The predicted octanol–water partition coefficient (Wildman–Crippen LogP) is 0.843. The van der Waals surface area contributed by atoms with E-state index in [1.165, 1.54) is 22.6 Å². The Morgan fingerprint density at radius 2 is 2.42 bits per heavy atom. The van der Waals surface area contributed by atoms with Gasteiger partial charge in [-0.15, -0.1) is 10.2 Å². The number of nitrogens with zero attached hydrogens (tertiary/aromatic N) is 5. The van der Waals surface area contributed by atoms with Gasteiger partial charge >= 0.3 is 5.84 Å². The molecule has 96 valence electrons. The first kappa shape index (κ1) is 11.7. The van der Waals surface area contributed by atoms with E-state index in [1.807, 2.05) is 0 Å². The Hall–Kier alpha value is -2.42. The summed E-state index contributed by atoms with van der Waals surface area (Å²) in [5.74, 6) is 0.804. The van der Waals surface area contributed by atoms with E-state index in [4.69, 9.17) is 4.42 Å². The molecule has 0 unspecified atom stereocenters. The molecule has 3 aromatic rings. The zero-order valence-electron chi connectivity index (χ0n) is 9.55. The lowest BCUT2D eigenvalue weighted by Gasteiger charge is -2.01.